The first-order valence-corrected chi connectivity index (χ1v) is 4.76. The first kappa shape index (κ1) is 12.9. The minimum atomic E-state index is -0.815. The molecule has 80 valence electrons. The highest BCUT2D eigenvalue weighted by Gasteiger charge is 2.24. The fourth-order valence-electron chi connectivity index (χ4n) is 1.35. The predicted molar refractivity (Wildman–Crippen MR) is 54.6 cm³/mol. The van der Waals surface area contributed by atoms with Crippen LogP contribution in [0.4, 0.5) is 0 Å². The van der Waals surface area contributed by atoms with E-state index < -0.39 is 5.60 Å². The van der Waals surface area contributed by atoms with Crippen LogP contribution in [0.5, 0.6) is 0 Å². The van der Waals surface area contributed by atoms with Crippen molar-refractivity contribution in [3.8, 4) is 0 Å². The van der Waals surface area contributed by atoms with Crippen molar-refractivity contribution in [3.05, 3.63) is 0 Å². The van der Waals surface area contributed by atoms with Crippen molar-refractivity contribution < 1.29 is 9.84 Å². The van der Waals surface area contributed by atoms with E-state index >= 15 is 0 Å². The number of rotatable bonds is 4. The molecule has 0 saturated heterocycles. The highest BCUT2D eigenvalue weighted by Crippen LogP contribution is 2.18. The van der Waals surface area contributed by atoms with Crippen molar-refractivity contribution in [1.82, 2.24) is 0 Å². The molecule has 0 bridgehead atoms. The largest absolute Gasteiger partial charge is 0.389 e. The summed E-state index contributed by atoms with van der Waals surface area (Å²) in [5, 5.41) is 9.69. The van der Waals surface area contributed by atoms with Crippen molar-refractivity contribution in [2.45, 2.75) is 58.3 Å². The van der Waals surface area contributed by atoms with Gasteiger partial charge in [-0.2, -0.15) is 0 Å². The Morgan fingerprint density at radius 3 is 2.08 bits per heavy atom. The third-order valence-corrected chi connectivity index (χ3v) is 1.72. The second-order valence-corrected chi connectivity index (χ2v) is 4.95. The summed E-state index contributed by atoms with van der Waals surface area (Å²) in [4.78, 5) is 0. The molecule has 0 aromatic heterocycles. The standard InChI is InChI=1S/C10H23NO2/c1-8(13-9(2,3)4)6-10(5,12)7-11/h8,12H,6-7,11H2,1-5H3. The van der Waals surface area contributed by atoms with E-state index in [9.17, 15) is 5.11 Å². The molecule has 0 aliphatic carbocycles. The number of hydrogen-bond donors (Lipinski definition) is 2. The molecule has 3 heteroatoms. The van der Waals surface area contributed by atoms with Crippen LogP contribution in [0, 0.1) is 0 Å². The third-order valence-electron chi connectivity index (χ3n) is 1.72. The Balaban J connectivity index is 3.94. The molecule has 2 atom stereocenters. The molecule has 0 spiro atoms. The molecule has 0 radical (unpaired) electrons. The van der Waals surface area contributed by atoms with Gasteiger partial charge in [0.15, 0.2) is 0 Å². The monoisotopic (exact) mass is 189 g/mol. The SMILES string of the molecule is CC(CC(C)(O)CN)OC(C)(C)C. The average Bonchev–Trinajstić information content (AvgIpc) is 1.81. The van der Waals surface area contributed by atoms with Crippen LogP contribution in [0.25, 0.3) is 0 Å². The average molecular weight is 189 g/mol. The van der Waals surface area contributed by atoms with Gasteiger partial charge in [0.05, 0.1) is 17.3 Å². The van der Waals surface area contributed by atoms with Crippen LogP contribution in [-0.2, 0) is 4.74 Å². The molecule has 0 fully saturated rings. The Labute approximate surface area is 81.3 Å². The number of hydrogen-bond acceptors (Lipinski definition) is 3. The van der Waals surface area contributed by atoms with Gasteiger partial charge in [-0.05, 0) is 34.6 Å². The topological polar surface area (TPSA) is 55.5 Å². The van der Waals surface area contributed by atoms with Crippen LogP contribution in [0.3, 0.4) is 0 Å². The van der Waals surface area contributed by atoms with E-state index in [1.165, 1.54) is 0 Å². The molecule has 0 aromatic carbocycles. The zero-order valence-electron chi connectivity index (χ0n) is 9.42. The number of ether oxygens (including phenoxy) is 1. The highest BCUT2D eigenvalue weighted by molar-refractivity contribution is 4.77. The summed E-state index contributed by atoms with van der Waals surface area (Å²) in [6.07, 6.45) is 0.597. The number of nitrogens with two attached hydrogens (primary N) is 1. The van der Waals surface area contributed by atoms with Crippen molar-refractivity contribution in [1.29, 1.82) is 0 Å². The zero-order chi connectivity index (χ0) is 10.7. The maximum absolute atomic E-state index is 9.69. The van der Waals surface area contributed by atoms with Crippen LogP contribution < -0.4 is 5.73 Å². The van der Waals surface area contributed by atoms with Crippen LogP contribution >= 0.6 is 0 Å². The summed E-state index contributed by atoms with van der Waals surface area (Å²) >= 11 is 0. The van der Waals surface area contributed by atoms with Gasteiger partial charge in [0, 0.05) is 13.0 Å². The normalized spacial score (nSPS) is 19.6. The van der Waals surface area contributed by atoms with E-state index in [4.69, 9.17) is 10.5 Å². The summed E-state index contributed by atoms with van der Waals surface area (Å²) in [7, 11) is 0. The molecule has 0 amide bonds. The Morgan fingerprint density at radius 1 is 1.31 bits per heavy atom. The van der Waals surface area contributed by atoms with Crippen molar-refractivity contribution in [2.24, 2.45) is 5.73 Å². The quantitative estimate of drug-likeness (QED) is 0.700. The van der Waals surface area contributed by atoms with Crippen LogP contribution in [0.1, 0.15) is 41.0 Å². The van der Waals surface area contributed by atoms with Gasteiger partial charge < -0.3 is 15.6 Å². The molecule has 0 saturated carbocycles. The second kappa shape index (κ2) is 4.40. The van der Waals surface area contributed by atoms with Gasteiger partial charge in [-0.15, -0.1) is 0 Å². The summed E-state index contributed by atoms with van der Waals surface area (Å²) in [5.41, 5.74) is 4.44. The smallest absolute Gasteiger partial charge is 0.0766 e. The summed E-state index contributed by atoms with van der Waals surface area (Å²) in [6, 6.07) is 0. The lowest BCUT2D eigenvalue weighted by Crippen LogP contribution is -2.39. The van der Waals surface area contributed by atoms with Crippen LogP contribution in [0.2, 0.25) is 0 Å². The third kappa shape index (κ3) is 6.99. The minimum absolute atomic E-state index is 0.0264. The Hall–Kier alpha value is -0.120. The summed E-state index contributed by atoms with van der Waals surface area (Å²) in [6.45, 7) is 9.96. The predicted octanol–water partition coefficient (Wildman–Crippen LogP) is 1.29. The van der Waals surface area contributed by atoms with Gasteiger partial charge in [-0.3, -0.25) is 0 Å². The lowest BCUT2D eigenvalue weighted by molar-refractivity contribution is -0.0839. The Kier molecular flexibility index (Phi) is 4.36. The zero-order valence-corrected chi connectivity index (χ0v) is 9.42. The maximum Gasteiger partial charge on any atom is 0.0766 e. The molecule has 13 heavy (non-hydrogen) atoms. The van der Waals surface area contributed by atoms with Crippen molar-refractivity contribution in [3.63, 3.8) is 0 Å². The van der Waals surface area contributed by atoms with Gasteiger partial charge in [-0.1, -0.05) is 0 Å². The van der Waals surface area contributed by atoms with Gasteiger partial charge in [0.1, 0.15) is 0 Å². The van der Waals surface area contributed by atoms with E-state index in [2.05, 4.69) is 0 Å². The summed E-state index contributed by atoms with van der Waals surface area (Å²) < 4.78 is 5.66. The van der Waals surface area contributed by atoms with Gasteiger partial charge in [0.2, 0.25) is 0 Å². The molecule has 0 heterocycles. The molecule has 0 aliphatic heterocycles. The van der Waals surface area contributed by atoms with Crippen molar-refractivity contribution >= 4 is 0 Å². The lowest BCUT2D eigenvalue weighted by atomic mass is 9.99. The highest BCUT2D eigenvalue weighted by atomic mass is 16.5. The Morgan fingerprint density at radius 2 is 1.77 bits per heavy atom. The maximum atomic E-state index is 9.69. The minimum Gasteiger partial charge on any atom is -0.389 e. The fourth-order valence-corrected chi connectivity index (χ4v) is 1.35. The Bertz CT molecular complexity index is 149. The van der Waals surface area contributed by atoms with E-state index in [1.807, 2.05) is 27.7 Å². The molecule has 0 aliphatic rings. The lowest BCUT2D eigenvalue weighted by Gasteiger charge is -2.30. The molecular formula is C10H23NO2. The van der Waals surface area contributed by atoms with E-state index in [-0.39, 0.29) is 18.2 Å². The summed E-state index contributed by atoms with van der Waals surface area (Å²) in [5.74, 6) is 0. The molecule has 3 nitrogen and oxygen atoms in total. The first-order chi connectivity index (χ1) is 5.66. The first-order valence-electron chi connectivity index (χ1n) is 4.76. The van der Waals surface area contributed by atoms with E-state index in [1.54, 1.807) is 6.92 Å². The molecule has 3 N–H and O–H groups in total. The van der Waals surface area contributed by atoms with Crippen LogP contribution in [0.15, 0.2) is 0 Å². The number of aliphatic hydroxyl groups is 1. The molecule has 0 rings (SSSR count). The second-order valence-electron chi connectivity index (χ2n) is 4.95. The molecule has 0 aromatic rings. The molecular weight excluding hydrogens is 166 g/mol. The van der Waals surface area contributed by atoms with Gasteiger partial charge >= 0.3 is 0 Å². The fraction of sp³-hybridized carbons (Fsp3) is 1.00. The van der Waals surface area contributed by atoms with Gasteiger partial charge in [0.25, 0.3) is 0 Å². The molecule has 2 unspecified atom stereocenters. The van der Waals surface area contributed by atoms with Crippen molar-refractivity contribution in [2.75, 3.05) is 6.54 Å². The van der Waals surface area contributed by atoms with E-state index in [0.717, 1.165) is 0 Å². The van der Waals surface area contributed by atoms with Crippen LogP contribution in [-0.4, -0.2) is 29.0 Å². The van der Waals surface area contributed by atoms with E-state index in [0.29, 0.717) is 6.42 Å². The van der Waals surface area contributed by atoms with Gasteiger partial charge in [-0.25, -0.2) is 0 Å².